The summed E-state index contributed by atoms with van der Waals surface area (Å²) in [5.41, 5.74) is 0. The molecule has 0 amide bonds. The summed E-state index contributed by atoms with van der Waals surface area (Å²) in [6.45, 7) is 6.22. The molecule has 0 spiro atoms. The molecule has 18 heavy (non-hydrogen) atoms. The Bertz CT molecular complexity index is 350. The molecule has 1 aromatic heterocycles. The van der Waals surface area contributed by atoms with Crippen molar-refractivity contribution in [1.82, 2.24) is 15.5 Å². The van der Waals surface area contributed by atoms with Crippen LogP contribution in [0.25, 0.3) is 0 Å². The molecule has 1 aliphatic rings. The van der Waals surface area contributed by atoms with Gasteiger partial charge in [-0.3, -0.25) is 0 Å². The van der Waals surface area contributed by atoms with Gasteiger partial charge in [0.25, 0.3) is 0 Å². The van der Waals surface area contributed by atoms with Crippen molar-refractivity contribution < 1.29 is 4.74 Å². The van der Waals surface area contributed by atoms with Gasteiger partial charge in [0.1, 0.15) is 10.0 Å². The number of aryl methyl sites for hydroxylation is 1. The maximum Gasteiger partial charge on any atom is 0.134 e. The number of aromatic nitrogens is 2. The first-order chi connectivity index (χ1) is 8.83. The predicted molar refractivity (Wildman–Crippen MR) is 73.9 cm³/mol. The van der Waals surface area contributed by atoms with Crippen LogP contribution in [0.3, 0.4) is 0 Å². The summed E-state index contributed by atoms with van der Waals surface area (Å²) in [7, 11) is 0. The van der Waals surface area contributed by atoms with E-state index in [1.165, 1.54) is 12.8 Å². The molecule has 5 heteroatoms. The second-order valence-electron chi connectivity index (χ2n) is 4.73. The van der Waals surface area contributed by atoms with Crippen molar-refractivity contribution in [2.24, 2.45) is 0 Å². The van der Waals surface area contributed by atoms with Crippen molar-refractivity contribution in [3.8, 4) is 0 Å². The van der Waals surface area contributed by atoms with Crippen LogP contribution in [0.1, 0.15) is 55.6 Å². The average molecular weight is 269 g/mol. The maximum atomic E-state index is 5.63. The number of rotatable bonds is 7. The van der Waals surface area contributed by atoms with Crippen molar-refractivity contribution in [3.05, 3.63) is 10.0 Å². The molecular formula is C13H23N3OS. The fourth-order valence-electron chi connectivity index (χ4n) is 2.32. The Labute approximate surface area is 113 Å². The van der Waals surface area contributed by atoms with E-state index in [1.54, 1.807) is 11.3 Å². The minimum Gasteiger partial charge on any atom is -0.378 e. The van der Waals surface area contributed by atoms with Crippen molar-refractivity contribution in [2.45, 2.75) is 58.1 Å². The lowest BCUT2D eigenvalue weighted by Crippen LogP contribution is -2.19. The van der Waals surface area contributed by atoms with Crippen LogP contribution >= 0.6 is 11.3 Å². The molecule has 2 unspecified atom stereocenters. The molecule has 1 fully saturated rings. The molecule has 102 valence electrons. The largest absolute Gasteiger partial charge is 0.378 e. The van der Waals surface area contributed by atoms with Gasteiger partial charge in [0.15, 0.2) is 0 Å². The average Bonchev–Trinajstić information content (AvgIpc) is 3.04. The van der Waals surface area contributed by atoms with E-state index in [4.69, 9.17) is 4.74 Å². The molecule has 0 aliphatic carbocycles. The summed E-state index contributed by atoms with van der Waals surface area (Å²) in [5.74, 6) is 0. The van der Waals surface area contributed by atoms with Crippen LogP contribution in [0, 0.1) is 0 Å². The Morgan fingerprint density at radius 1 is 1.44 bits per heavy atom. The van der Waals surface area contributed by atoms with Gasteiger partial charge in [0, 0.05) is 13.0 Å². The summed E-state index contributed by atoms with van der Waals surface area (Å²) in [4.78, 5) is 0. The van der Waals surface area contributed by atoms with Gasteiger partial charge >= 0.3 is 0 Å². The highest BCUT2D eigenvalue weighted by molar-refractivity contribution is 7.11. The van der Waals surface area contributed by atoms with Crippen LogP contribution in [0.15, 0.2) is 0 Å². The lowest BCUT2D eigenvalue weighted by molar-refractivity contribution is 0.104. The second kappa shape index (κ2) is 7.16. The Kier molecular flexibility index (Phi) is 5.53. The molecule has 0 bridgehead atoms. The normalized spacial score (nSPS) is 21.3. The van der Waals surface area contributed by atoms with E-state index in [-0.39, 0.29) is 0 Å². The highest BCUT2D eigenvalue weighted by atomic mass is 32.1. The fourth-order valence-corrected chi connectivity index (χ4v) is 3.33. The summed E-state index contributed by atoms with van der Waals surface area (Å²) in [6, 6.07) is 0.365. The Hall–Kier alpha value is -0.520. The van der Waals surface area contributed by atoms with Crippen molar-refractivity contribution in [3.63, 3.8) is 0 Å². The first-order valence-electron chi connectivity index (χ1n) is 7.00. The zero-order chi connectivity index (χ0) is 12.8. The summed E-state index contributed by atoms with van der Waals surface area (Å²) in [5, 5.41) is 14.3. The third-order valence-corrected chi connectivity index (χ3v) is 4.44. The Morgan fingerprint density at radius 2 is 2.33 bits per heavy atom. The minimum absolute atomic E-state index is 0.365. The fraction of sp³-hybridized carbons (Fsp3) is 0.846. The van der Waals surface area contributed by atoms with Crippen LogP contribution in [0.5, 0.6) is 0 Å². The van der Waals surface area contributed by atoms with Crippen molar-refractivity contribution in [1.29, 1.82) is 0 Å². The molecule has 4 nitrogen and oxygen atoms in total. The van der Waals surface area contributed by atoms with E-state index in [1.807, 2.05) is 0 Å². The zero-order valence-electron chi connectivity index (χ0n) is 11.3. The Morgan fingerprint density at radius 3 is 3.00 bits per heavy atom. The van der Waals surface area contributed by atoms with Gasteiger partial charge < -0.3 is 10.1 Å². The molecule has 1 saturated heterocycles. The second-order valence-corrected chi connectivity index (χ2v) is 5.82. The van der Waals surface area contributed by atoms with Crippen LogP contribution in [-0.2, 0) is 11.2 Å². The van der Waals surface area contributed by atoms with Gasteiger partial charge in [0.2, 0.25) is 0 Å². The Balaban J connectivity index is 1.84. The highest BCUT2D eigenvalue weighted by Gasteiger charge is 2.17. The maximum absolute atomic E-state index is 5.63. The molecule has 2 heterocycles. The smallest absolute Gasteiger partial charge is 0.134 e. The third kappa shape index (κ3) is 3.73. The van der Waals surface area contributed by atoms with E-state index in [2.05, 4.69) is 29.4 Å². The monoisotopic (exact) mass is 269 g/mol. The predicted octanol–water partition coefficient (Wildman–Crippen LogP) is 2.71. The molecule has 1 aliphatic heterocycles. The molecule has 2 atom stereocenters. The van der Waals surface area contributed by atoms with E-state index in [0.717, 1.165) is 42.4 Å². The molecule has 2 rings (SSSR count). The van der Waals surface area contributed by atoms with E-state index >= 15 is 0 Å². The number of hydrogen-bond donors (Lipinski definition) is 1. The standard InChI is InChI=1S/C13H23N3OS/c1-3-11(14-4-2)13-16-15-12(18-13)8-7-10-6-5-9-17-10/h10-11,14H,3-9H2,1-2H3. The van der Waals surface area contributed by atoms with Crippen LogP contribution in [-0.4, -0.2) is 29.5 Å². The van der Waals surface area contributed by atoms with E-state index < -0.39 is 0 Å². The number of hydrogen-bond acceptors (Lipinski definition) is 5. The molecule has 1 N–H and O–H groups in total. The molecule has 0 radical (unpaired) electrons. The third-order valence-electron chi connectivity index (χ3n) is 3.34. The van der Waals surface area contributed by atoms with Gasteiger partial charge in [-0.15, -0.1) is 10.2 Å². The van der Waals surface area contributed by atoms with Crippen molar-refractivity contribution in [2.75, 3.05) is 13.2 Å². The first kappa shape index (κ1) is 13.9. The molecule has 0 aromatic carbocycles. The first-order valence-corrected chi connectivity index (χ1v) is 7.82. The zero-order valence-corrected chi connectivity index (χ0v) is 12.1. The van der Waals surface area contributed by atoms with Gasteiger partial charge in [0.05, 0.1) is 12.1 Å². The van der Waals surface area contributed by atoms with Gasteiger partial charge in [-0.2, -0.15) is 0 Å². The van der Waals surface area contributed by atoms with Crippen LogP contribution < -0.4 is 5.32 Å². The van der Waals surface area contributed by atoms with Gasteiger partial charge in [-0.05, 0) is 32.2 Å². The lowest BCUT2D eigenvalue weighted by Gasteiger charge is -2.11. The molecular weight excluding hydrogens is 246 g/mol. The van der Waals surface area contributed by atoms with Crippen molar-refractivity contribution >= 4 is 11.3 Å². The number of ether oxygens (including phenoxy) is 1. The highest BCUT2D eigenvalue weighted by Crippen LogP contribution is 2.23. The molecule has 0 saturated carbocycles. The van der Waals surface area contributed by atoms with E-state index in [9.17, 15) is 0 Å². The quantitative estimate of drug-likeness (QED) is 0.827. The van der Waals surface area contributed by atoms with E-state index in [0.29, 0.717) is 12.1 Å². The number of nitrogens with one attached hydrogen (secondary N) is 1. The molecule has 1 aromatic rings. The summed E-state index contributed by atoms with van der Waals surface area (Å²) in [6.07, 6.45) is 6.03. The van der Waals surface area contributed by atoms with Gasteiger partial charge in [-0.1, -0.05) is 25.2 Å². The topological polar surface area (TPSA) is 47.0 Å². The lowest BCUT2D eigenvalue weighted by atomic mass is 10.1. The SMILES string of the molecule is CCNC(CC)c1nnc(CCC2CCCO2)s1. The van der Waals surface area contributed by atoms with Gasteiger partial charge in [-0.25, -0.2) is 0 Å². The summed E-state index contributed by atoms with van der Waals surface area (Å²) < 4.78 is 5.63. The van der Waals surface area contributed by atoms with Crippen LogP contribution in [0.2, 0.25) is 0 Å². The van der Waals surface area contributed by atoms with Crippen LogP contribution in [0.4, 0.5) is 0 Å². The number of nitrogens with zero attached hydrogens (tertiary/aromatic N) is 2. The summed E-state index contributed by atoms with van der Waals surface area (Å²) >= 11 is 1.75. The minimum atomic E-state index is 0.365.